The summed E-state index contributed by atoms with van der Waals surface area (Å²) in [7, 11) is 0. The maximum absolute atomic E-state index is 12.7. The molecule has 1 aromatic carbocycles. The number of amides is 1. The molecule has 2 saturated carbocycles. The highest BCUT2D eigenvalue weighted by Crippen LogP contribution is 2.41. The van der Waals surface area contributed by atoms with Crippen molar-refractivity contribution in [3.63, 3.8) is 0 Å². The van der Waals surface area contributed by atoms with Crippen molar-refractivity contribution in [1.82, 2.24) is 20.1 Å². The van der Waals surface area contributed by atoms with Crippen molar-refractivity contribution < 1.29 is 4.79 Å². The molecule has 2 aliphatic carbocycles. The zero-order valence-corrected chi connectivity index (χ0v) is 16.8. The van der Waals surface area contributed by atoms with E-state index in [-0.39, 0.29) is 11.2 Å². The first kappa shape index (κ1) is 18.5. The highest BCUT2D eigenvalue weighted by Gasteiger charge is 2.32. The number of nitrogens with one attached hydrogen (secondary N) is 1. The van der Waals surface area contributed by atoms with Gasteiger partial charge in [0.2, 0.25) is 5.91 Å². The second kappa shape index (κ2) is 8.46. The Bertz CT molecular complexity index is 764. The lowest BCUT2D eigenvalue weighted by Gasteiger charge is -2.19. The number of carbonyl (C=O) groups excluding carboxylic acids is 1. The van der Waals surface area contributed by atoms with Crippen molar-refractivity contribution in [3.05, 3.63) is 36.2 Å². The number of thioether (sulfide) groups is 1. The van der Waals surface area contributed by atoms with Gasteiger partial charge in [0.1, 0.15) is 5.82 Å². The molecule has 1 heterocycles. The van der Waals surface area contributed by atoms with Gasteiger partial charge in [-0.3, -0.25) is 9.36 Å². The van der Waals surface area contributed by atoms with Gasteiger partial charge in [0.05, 0.1) is 5.25 Å². The Hall–Kier alpha value is -1.82. The van der Waals surface area contributed by atoms with E-state index in [1.54, 1.807) is 0 Å². The molecule has 1 N–H and O–H groups in total. The molecular weight excluding hydrogens is 356 g/mol. The molecule has 0 spiro atoms. The van der Waals surface area contributed by atoms with E-state index in [0.717, 1.165) is 29.5 Å². The molecule has 2 aliphatic rings. The fourth-order valence-corrected chi connectivity index (χ4v) is 4.62. The normalized spacial score (nSPS) is 19.4. The van der Waals surface area contributed by atoms with E-state index in [0.29, 0.717) is 12.0 Å². The second-order valence-electron chi connectivity index (χ2n) is 7.74. The van der Waals surface area contributed by atoms with Crippen LogP contribution in [0.3, 0.4) is 0 Å². The minimum absolute atomic E-state index is 0.113. The van der Waals surface area contributed by atoms with E-state index in [1.165, 1.54) is 50.3 Å². The van der Waals surface area contributed by atoms with E-state index in [1.807, 2.05) is 25.1 Å². The van der Waals surface area contributed by atoms with Gasteiger partial charge >= 0.3 is 0 Å². The Labute approximate surface area is 165 Å². The molecule has 2 fully saturated rings. The molecule has 0 unspecified atom stereocenters. The van der Waals surface area contributed by atoms with Crippen molar-refractivity contribution in [2.75, 3.05) is 0 Å². The van der Waals surface area contributed by atoms with Gasteiger partial charge in [0, 0.05) is 17.6 Å². The fourth-order valence-electron chi connectivity index (χ4n) is 3.74. The Morgan fingerprint density at radius 3 is 2.44 bits per heavy atom. The molecule has 2 aromatic rings. The summed E-state index contributed by atoms with van der Waals surface area (Å²) in [6, 6.07) is 10.6. The lowest BCUT2D eigenvalue weighted by molar-refractivity contribution is -0.121. The molecule has 0 saturated heterocycles. The van der Waals surface area contributed by atoms with Crippen molar-refractivity contribution in [1.29, 1.82) is 0 Å². The van der Waals surface area contributed by atoms with Crippen molar-refractivity contribution in [2.24, 2.45) is 0 Å². The summed E-state index contributed by atoms with van der Waals surface area (Å²) in [5.41, 5.74) is 1.07. The molecule has 0 aliphatic heterocycles. The van der Waals surface area contributed by atoms with Gasteiger partial charge in [-0.25, -0.2) is 0 Å². The smallest absolute Gasteiger partial charge is 0.233 e. The van der Waals surface area contributed by atoms with E-state index in [4.69, 9.17) is 0 Å². The van der Waals surface area contributed by atoms with Crippen molar-refractivity contribution in [3.8, 4) is 5.69 Å². The number of para-hydroxylation sites is 1. The predicted octanol–water partition coefficient (Wildman–Crippen LogP) is 4.46. The quantitative estimate of drug-likeness (QED) is 0.590. The van der Waals surface area contributed by atoms with Crippen LogP contribution in [0, 0.1) is 0 Å². The molecule has 4 rings (SSSR count). The van der Waals surface area contributed by atoms with Crippen LogP contribution in [-0.4, -0.2) is 32.0 Å². The molecule has 1 aromatic heterocycles. The van der Waals surface area contributed by atoms with Crippen LogP contribution in [0.5, 0.6) is 0 Å². The van der Waals surface area contributed by atoms with Crippen molar-refractivity contribution in [2.45, 2.75) is 80.7 Å². The zero-order valence-electron chi connectivity index (χ0n) is 15.9. The van der Waals surface area contributed by atoms with Gasteiger partial charge in [-0.15, -0.1) is 10.2 Å². The molecule has 6 heteroatoms. The largest absolute Gasteiger partial charge is 0.352 e. The van der Waals surface area contributed by atoms with Gasteiger partial charge in [0.15, 0.2) is 5.16 Å². The van der Waals surface area contributed by atoms with Gasteiger partial charge in [-0.2, -0.15) is 0 Å². The summed E-state index contributed by atoms with van der Waals surface area (Å²) in [6.07, 6.45) is 9.59. The maximum atomic E-state index is 12.7. The third-order valence-corrected chi connectivity index (χ3v) is 6.51. The van der Waals surface area contributed by atoms with Gasteiger partial charge < -0.3 is 5.32 Å². The summed E-state index contributed by atoms with van der Waals surface area (Å²) in [4.78, 5) is 12.7. The third-order valence-electron chi connectivity index (χ3n) is 5.47. The summed E-state index contributed by atoms with van der Waals surface area (Å²) < 4.78 is 2.14. The summed E-state index contributed by atoms with van der Waals surface area (Å²) in [6.45, 7) is 1.97. The molecule has 5 nitrogen and oxygen atoms in total. The second-order valence-corrected chi connectivity index (χ2v) is 9.05. The number of carbonyl (C=O) groups is 1. The van der Waals surface area contributed by atoms with Crippen LogP contribution in [-0.2, 0) is 4.79 Å². The molecule has 27 heavy (non-hydrogen) atoms. The van der Waals surface area contributed by atoms with Crippen LogP contribution in [0.2, 0.25) is 0 Å². The average molecular weight is 385 g/mol. The number of benzene rings is 1. The summed E-state index contributed by atoms with van der Waals surface area (Å²) >= 11 is 1.51. The molecule has 1 atom stereocenters. The SMILES string of the molecule is C[C@H](Sc1nnc(C2CC2)n1-c1ccccc1)C(=O)NC1CCCCCC1. The number of aromatic nitrogens is 3. The lowest BCUT2D eigenvalue weighted by atomic mass is 10.1. The Morgan fingerprint density at radius 2 is 1.78 bits per heavy atom. The molecular formula is C21H28N4OS. The number of rotatable bonds is 6. The first-order valence-corrected chi connectivity index (χ1v) is 11.1. The third kappa shape index (κ3) is 4.54. The Morgan fingerprint density at radius 1 is 1.07 bits per heavy atom. The molecule has 1 amide bonds. The number of hydrogen-bond acceptors (Lipinski definition) is 4. The van der Waals surface area contributed by atoms with Crippen LogP contribution in [0.4, 0.5) is 0 Å². The number of nitrogens with zero attached hydrogens (tertiary/aromatic N) is 3. The Kier molecular flexibility index (Phi) is 5.81. The summed E-state index contributed by atoms with van der Waals surface area (Å²) in [5.74, 6) is 1.64. The lowest BCUT2D eigenvalue weighted by Crippen LogP contribution is -2.39. The van der Waals surface area contributed by atoms with E-state index in [2.05, 4.69) is 32.2 Å². The van der Waals surface area contributed by atoms with Gasteiger partial charge in [-0.1, -0.05) is 55.6 Å². The predicted molar refractivity (Wildman–Crippen MR) is 108 cm³/mol. The van der Waals surface area contributed by atoms with E-state index < -0.39 is 0 Å². The monoisotopic (exact) mass is 384 g/mol. The minimum Gasteiger partial charge on any atom is -0.352 e. The van der Waals surface area contributed by atoms with E-state index in [9.17, 15) is 4.79 Å². The molecule has 0 radical (unpaired) electrons. The minimum atomic E-state index is -0.188. The van der Waals surface area contributed by atoms with Crippen LogP contribution in [0.15, 0.2) is 35.5 Å². The first-order valence-electron chi connectivity index (χ1n) is 10.2. The Balaban J connectivity index is 1.48. The van der Waals surface area contributed by atoms with Gasteiger partial charge in [-0.05, 0) is 44.7 Å². The van der Waals surface area contributed by atoms with E-state index >= 15 is 0 Å². The fraction of sp³-hybridized carbons (Fsp3) is 0.571. The maximum Gasteiger partial charge on any atom is 0.233 e. The average Bonchev–Trinajstić information content (AvgIpc) is 3.48. The standard InChI is InChI=1S/C21H28N4OS/c1-15(20(26)22-17-9-5-2-3-6-10-17)27-21-24-23-19(16-13-14-16)25(21)18-11-7-4-8-12-18/h4,7-8,11-12,15-17H,2-3,5-6,9-10,13-14H2,1H3,(H,22,26)/t15-/m0/s1. The highest BCUT2D eigenvalue weighted by atomic mass is 32.2. The molecule has 0 bridgehead atoms. The summed E-state index contributed by atoms with van der Waals surface area (Å²) in [5, 5.41) is 12.8. The van der Waals surface area contributed by atoms with Crippen LogP contribution in [0.25, 0.3) is 5.69 Å². The van der Waals surface area contributed by atoms with Crippen LogP contribution in [0.1, 0.15) is 70.0 Å². The van der Waals surface area contributed by atoms with Crippen LogP contribution < -0.4 is 5.32 Å². The zero-order chi connectivity index (χ0) is 18.6. The highest BCUT2D eigenvalue weighted by molar-refractivity contribution is 8.00. The molecule has 144 valence electrons. The number of hydrogen-bond donors (Lipinski definition) is 1. The topological polar surface area (TPSA) is 59.8 Å². The van der Waals surface area contributed by atoms with Crippen molar-refractivity contribution >= 4 is 17.7 Å². The first-order chi connectivity index (χ1) is 13.2. The van der Waals surface area contributed by atoms with Crippen LogP contribution >= 0.6 is 11.8 Å². The van der Waals surface area contributed by atoms with Gasteiger partial charge in [0.25, 0.3) is 0 Å².